The maximum Gasteiger partial charge on any atom is 0.287 e. The van der Waals surface area contributed by atoms with Gasteiger partial charge in [0.1, 0.15) is 34.1 Å². The average molecular weight is 673 g/mol. The molecule has 2 heterocycles. The molecular weight excluding hydrogens is 638 g/mol. The third-order valence-corrected chi connectivity index (χ3v) is 7.73. The molecule has 1 aliphatic rings. The molecule has 1 aliphatic carbocycles. The van der Waals surface area contributed by atoms with Crippen molar-refractivity contribution in [2.75, 3.05) is 6.54 Å². The van der Waals surface area contributed by atoms with Gasteiger partial charge >= 0.3 is 0 Å². The molecule has 0 aliphatic heterocycles. The lowest BCUT2D eigenvalue weighted by Gasteiger charge is -2.24. The van der Waals surface area contributed by atoms with Crippen LogP contribution in [-0.4, -0.2) is 50.8 Å². The SMILES string of the molecule is Cc1c(-c2ccc(C#CC(C)(C)O)nc2C(Cc2cc(F)cc(F)c2)NC(=O)CNC2=C(C(=N)C(F)F)CCC2(F)F)ccc(=N)n1C. The van der Waals surface area contributed by atoms with E-state index in [0.29, 0.717) is 22.9 Å². The van der Waals surface area contributed by atoms with Gasteiger partial charge in [0.15, 0.2) is 0 Å². The van der Waals surface area contributed by atoms with Crippen LogP contribution in [0.15, 0.2) is 53.7 Å². The van der Waals surface area contributed by atoms with Crippen LogP contribution >= 0.6 is 0 Å². The summed E-state index contributed by atoms with van der Waals surface area (Å²) in [7, 11) is 1.67. The molecule has 0 radical (unpaired) electrons. The van der Waals surface area contributed by atoms with Crippen molar-refractivity contribution in [3.8, 4) is 23.0 Å². The molecule has 1 atom stereocenters. The zero-order chi connectivity index (χ0) is 35.6. The highest BCUT2D eigenvalue weighted by Crippen LogP contribution is 2.40. The summed E-state index contributed by atoms with van der Waals surface area (Å²) in [5.41, 5.74) is -1.83. The minimum absolute atomic E-state index is 0.118. The number of rotatable bonds is 10. The lowest BCUT2D eigenvalue weighted by molar-refractivity contribution is -0.121. The fourth-order valence-corrected chi connectivity index (χ4v) is 5.28. The monoisotopic (exact) mass is 672 g/mol. The van der Waals surface area contributed by atoms with E-state index in [9.17, 15) is 36.2 Å². The number of amides is 1. The van der Waals surface area contributed by atoms with E-state index in [2.05, 4.69) is 27.5 Å². The van der Waals surface area contributed by atoms with Crippen molar-refractivity contribution >= 4 is 11.6 Å². The summed E-state index contributed by atoms with van der Waals surface area (Å²) in [4.78, 5) is 18.0. The van der Waals surface area contributed by atoms with Crippen LogP contribution in [0.25, 0.3) is 11.1 Å². The zero-order valence-corrected chi connectivity index (χ0v) is 26.5. The standard InChI is InChI=1S/C34H34F6N6O2/c1-18-23(7-8-27(41)46(18)4)24-6-5-22(9-11-33(2,3)48)44-30(24)26(15-19-13-20(35)16-21(36)14-19)45-28(47)17-43-31-25(29(42)32(37)38)10-12-34(31,39)40/h5-8,13-14,16,26,32,41-43,48H,10,12,15,17H2,1-4H3,(H,45,47). The number of allylic oxidation sites excluding steroid dienone is 2. The van der Waals surface area contributed by atoms with E-state index in [4.69, 9.17) is 10.8 Å². The normalized spacial score (nSPS) is 14.8. The van der Waals surface area contributed by atoms with Gasteiger partial charge in [-0.05, 0) is 81.5 Å². The van der Waals surface area contributed by atoms with Gasteiger partial charge in [-0.1, -0.05) is 5.92 Å². The lowest BCUT2D eigenvalue weighted by atomic mass is 9.94. The van der Waals surface area contributed by atoms with E-state index in [-0.39, 0.29) is 28.9 Å². The number of hydrogen-bond donors (Lipinski definition) is 5. The first-order chi connectivity index (χ1) is 22.4. The Balaban J connectivity index is 1.82. The smallest absolute Gasteiger partial charge is 0.287 e. The van der Waals surface area contributed by atoms with Crippen LogP contribution in [0.1, 0.15) is 55.4 Å². The number of carbonyl (C=O) groups is 1. The van der Waals surface area contributed by atoms with Gasteiger partial charge in [0.25, 0.3) is 12.3 Å². The number of aromatic nitrogens is 2. The Kier molecular flexibility index (Phi) is 10.5. The maximum atomic E-state index is 14.6. The first-order valence-electron chi connectivity index (χ1n) is 14.8. The molecule has 1 unspecified atom stereocenters. The molecular formula is C34H34F6N6O2. The van der Waals surface area contributed by atoms with Crippen LogP contribution in [0.5, 0.6) is 0 Å². The second-order valence-corrected chi connectivity index (χ2v) is 11.9. The van der Waals surface area contributed by atoms with Gasteiger partial charge in [-0.2, -0.15) is 8.78 Å². The number of aliphatic hydroxyl groups is 1. The molecule has 0 fully saturated rings. The van der Waals surface area contributed by atoms with Crippen LogP contribution in [0.3, 0.4) is 0 Å². The highest BCUT2D eigenvalue weighted by Gasteiger charge is 2.44. The van der Waals surface area contributed by atoms with E-state index in [1.54, 1.807) is 36.7 Å². The number of pyridine rings is 2. The largest absolute Gasteiger partial charge is 0.378 e. The molecule has 0 spiro atoms. The first kappa shape index (κ1) is 35.9. The molecule has 254 valence electrons. The molecule has 0 bridgehead atoms. The minimum Gasteiger partial charge on any atom is -0.378 e. The molecule has 48 heavy (non-hydrogen) atoms. The molecule has 1 amide bonds. The highest BCUT2D eigenvalue weighted by molar-refractivity contribution is 6.01. The van der Waals surface area contributed by atoms with Gasteiger partial charge in [-0.3, -0.25) is 15.6 Å². The summed E-state index contributed by atoms with van der Waals surface area (Å²) in [5, 5.41) is 30.8. The molecule has 0 saturated carbocycles. The molecule has 3 aromatic rings. The maximum absolute atomic E-state index is 14.6. The molecule has 8 nitrogen and oxygen atoms in total. The molecule has 14 heteroatoms. The number of carbonyl (C=O) groups excluding carboxylic acids is 1. The van der Waals surface area contributed by atoms with E-state index in [1.165, 1.54) is 19.9 Å². The van der Waals surface area contributed by atoms with Crippen LogP contribution in [0, 0.1) is 41.2 Å². The third-order valence-electron chi connectivity index (χ3n) is 7.73. The molecule has 0 saturated heterocycles. The second-order valence-electron chi connectivity index (χ2n) is 11.9. The van der Waals surface area contributed by atoms with Crippen molar-refractivity contribution in [2.24, 2.45) is 7.05 Å². The van der Waals surface area contributed by atoms with E-state index >= 15 is 0 Å². The third kappa shape index (κ3) is 8.51. The van der Waals surface area contributed by atoms with E-state index in [0.717, 1.165) is 12.1 Å². The molecule has 1 aromatic carbocycles. The Morgan fingerprint density at radius 2 is 1.77 bits per heavy atom. The fraction of sp³-hybridized carbons (Fsp3) is 0.353. The Morgan fingerprint density at radius 3 is 2.40 bits per heavy atom. The second kappa shape index (κ2) is 14.1. The number of nitrogens with zero attached hydrogens (tertiary/aromatic N) is 2. The highest BCUT2D eigenvalue weighted by atomic mass is 19.3. The fourth-order valence-electron chi connectivity index (χ4n) is 5.28. The van der Waals surface area contributed by atoms with Crippen LogP contribution in [0.2, 0.25) is 0 Å². The van der Waals surface area contributed by atoms with Crippen molar-refractivity contribution in [2.45, 2.75) is 64.0 Å². The van der Waals surface area contributed by atoms with Crippen molar-refractivity contribution in [1.82, 2.24) is 20.2 Å². The number of hydrogen-bond acceptors (Lipinski definition) is 6. The number of nitrogens with one attached hydrogen (secondary N) is 4. The molecule has 4 rings (SSSR count). The summed E-state index contributed by atoms with van der Waals surface area (Å²) in [6, 6.07) is 8.06. The van der Waals surface area contributed by atoms with Gasteiger partial charge in [-0.15, -0.1) is 0 Å². The van der Waals surface area contributed by atoms with Crippen molar-refractivity contribution in [1.29, 1.82) is 10.8 Å². The van der Waals surface area contributed by atoms with Gasteiger partial charge in [-0.25, -0.2) is 22.5 Å². The minimum atomic E-state index is -3.57. The van der Waals surface area contributed by atoms with Crippen molar-refractivity contribution in [3.05, 3.63) is 93.5 Å². The topological polar surface area (TPSA) is 127 Å². The summed E-state index contributed by atoms with van der Waals surface area (Å²) < 4.78 is 85.9. The first-order valence-corrected chi connectivity index (χ1v) is 14.8. The van der Waals surface area contributed by atoms with E-state index in [1.807, 2.05) is 0 Å². The van der Waals surface area contributed by atoms with Crippen LogP contribution < -0.4 is 16.1 Å². The summed E-state index contributed by atoms with van der Waals surface area (Å²) in [6.07, 6.45) is -4.81. The Hall–Kier alpha value is -4.90. The Labute approximate surface area is 272 Å². The summed E-state index contributed by atoms with van der Waals surface area (Å²) in [5.74, 6) is -0.816. The number of alkyl halides is 4. The van der Waals surface area contributed by atoms with Gasteiger partial charge in [0.05, 0.1) is 24.0 Å². The summed E-state index contributed by atoms with van der Waals surface area (Å²) in [6.45, 7) is 3.87. The average Bonchev–Trinajstić information content (AvgIpc) is 3.29. The van der Waals surface area contributed by atoms with Gasteiger partial charge in [0, 0.05) is 41.9 Å². The number of benzene rings is 1. The zero-order valence-electron chi connectivity index (χ0n) is 26.5. The summed E-state index contributed by atoms with van der Waals surface area (Å²) >= 11 is 0. The predicted molar refractivity (Wildman–Crippen MR) is 166 cm³/mol. The van der Waals surface area contributed by atoms with E-state index < -0.39 is 77.9 Å². The van der Waals surface area contributed by atoms with Crippen LogP contribution in [-0.2, 0) is 18.3 Å². The molecule has 2 aromatic heterocycles. The number of halogens is 6. The Morgan fingerprint density at radius 1 is 1.12 bits per heavy atom. The lowest BCUT2D eigenvalue weighted by Crippen LogP contribution is -2.40. The van der Waals surface area contributed by atoms with Crippen LogP contribution in [0.4, 0.5) is 26.3 Å². The van der Waals surface area contributed by atoms with Gasteiger partial charge in [0.2, 0.25) is 5.91 Å². The Bertz CT molecular complexity index is 1880. The molecule has 5 N–H and O–H groups in total. The van der Waals surface area contributed by atoms with Gasteiger partial charge < -0.3 is 20.3 Å². The predicted octanol–water partition coefficient (Wildman–Crippen LogP) is 5.23. The van der Waals surface area contributed by atoms with Crippen molar-refractivity contribution in [3.63, 3.8) is 0 Å². The van der Waals surface area contributed by atoms with Crippen molar-refractivity contribution < 1.29 is 36.2 Å². The quantitative estimate of drug-likeness (QED) is 0.115.